The molecule has 1 amide bonds. The van der Waals surface area contributed by atoms with E-state index in [2.05, 4.69) is 4.74 Å². The van der Waals surface area contributed by atoms with E-state index in [1.54, 1.807) is 18.2 Å². The van der Waals surface area contributed by atoms with E-state index >= 15 is 0 Å². The Balaban J connectivity index is 2.12. The fourth-order valence-corrected chi connectivity index (χ4v) is 4.82. The van der Waals surface area contributed by atoms with Gasteiger partial charge in [0.25, 0.3) is 0 Å². The van der Waals surface area contributed by atoms with Crippen molar-refractivity contribution in [2.24, 2.45) is 5.73 Å². The number of primary amides is 1. The first-order valence-corrected chi connectivity index (χ1v) is 11.1. The molecule has 0 aliphatic heterocycles. The van der Waals surface area contributed by atoms with Gasteiger partial charge < -0.3 is 10.5 Å². The maximum absolute atomic E-state index is 13.8. The maximum atomic E-state index is 13.8. The molecule has 3 aromatic rings. The van der Waals surface area contributed by atoms with Crippen LogP contribution in [0, 0.1) is 11.6 Å². The highest BCUT2D eigenvalue weighted by atomic mass is 32.2. The molecule has 0 aliphatic rings. The molecule has 0 saturated heterocycles. The van der Waals surface area contributed by atoms with Crippen LogP contribution in [-0.2, 0) is 26.1 Å². The topological polar surface area (TPSA) is 107 Å². The number of hydrogen-bond donors (Lipinski definition) is 1. The van der Waals surface area contributed by atoms with Crippen molar-refractivity contribution in [2.45, 2.75) is 17.5 Å². The second kappa shape index (κ2) is 9.88. The molecule has 0 aliphatic carbocycles. The van der Waals surface area contributed by atoms with E-state index in [9.17, 15) is 26.8 Å². The molecule has 0 radical (unpaired) electrons. The van der Waals surface area contributed by atoms with Crippen molar-refractivity contribution in [3.8, 4) is 0 Å². The molecule has 0 saturated carbocycles. The lowest BCUT2D eigenvalue weighted by atomic mass is 10.1. The summed E-state index contributed by atoms with van der Waals surface area (Å²) in [5, 5.41) is 0. The number of carbonyl (C=O) groups excluding carboxylic acids is 2. The summed E-state index contributed by atoms with van der Waals surface area (Å²) in [6.45, 7) is -0.342. The molecule has 0 unspecified atom stereocenters. The lowest BCUT2D eigenvalue weighted by Gasteiger charge is -2.29. The quantitative estimate of drug-likeness (QED) is 0.505. The van der Waals surface area contributed by atoms with Crippen LogP contribution in [0.25, 0.3) is 0 Å². The summed E-state index contributed by atoms with van der Waals surface area (Å²) in [6.07, 6.45) is 0. The summed E-state index contributed by atoms with van der Waals surface area (Å²) in [5.41, 5.74) is 6.54. The molecule has 172 valence electrons. The zero-order valence-corrected chi connectivity index (χ0v) is 18.3. The Morgan fingerprint density at radius 2 is 1.61 bits per heavy atom. The van der Waals surface area contributed by atoms with E-state index in [4.69, 9.17) is 5.73 Å². The Morgan fingerprint density at radius 3 is 2.15 bits per heavy atom. The highest BCUT2D eigenvalue weighted by molar-refractivity contribution is 7.89. The molecule has 33 heavy (non-hydrogen) atoms. The third-order valence-electron chi connectivity index (χ3n) is 4.88. The van der Waals surface area contributed by atoms with E-state index in [0.717, 1.165) is 10.4 Å². The van der Waals surface area contributed by atoms with Gasteiger partial charge in [0.05, 0.1) is 17.6 Å². The molecule has 3 rings (SSSR count). The van der Waals surface area contributed by atoms with Crippen LogP contribution in [-0.4, -0.2) is 31.7 Å². The van der Waals surface area contributed by atoms with E-state index in [-0.39, 0.29) is 12.1 Å². The van der Waals surface area contributed by atoms with Crippen LogP contribution in [0.5, 0.6) is 0 Å². The average Bonchev–Trinajstić information content (AvgIpc) is 2.80. The zero-order chi connectivity index (χ0) is 24.2. The van der Waals surface area contributed by atoms with Crippen LogP contribution in [0.2, 0.25) is 0 Å². The Kier molecular flexibility index (Phi) is 7.19. The number of ether oxygens (including phenoxy) is 1. The van der Waals surface area contributed by atoms with Crippen LogP contribution in [0.1, 0.15) is 27.5 Å². The van der Waals surface area contributed by atoms with Gasteiger partial charge in [-0.3, -0.25) is 4.79 Å². The van der Waals surface area contributed by atoms with Gasteiger partial charge in [0.1, 0.15) is 6.04 Å². The number of benzene rings is 3. The standard InChI is InChI=1S/C23H20F2N2O5S/c1-32-23(29)17-9-7-15(8-10-17)14-27(21(22(26)28)16-5-3-2-4-6-16)33(30,31)18-11-12-19(24)20(25)13-18/h2-13,21H,14H2,1H3,(H2,26,28)/t21-/m1/s1. The first-order chi connectivity index (χ1) is 15.6. The number of rotatable bonds is 8. The van der Waals surface area contributed by atoms with E-state index < -0.39 is 44.5 Å². The first-order valence-electron chi connectivity index (χ1n) is 9.63. The summed E-state index contributed by atoms with van der Waals surface area (Å²) >= 11 is 0. The van der Waals surface area contributed by atoms with Crippen LogP contribution >= 0.6 is 0 Å². The maximum Gasteiger partial charge on any atom is 0.337 e. The van der Waals surface area contributed by atoms with Gasteiger partial charge >= 0.3 is 5.97 Å². The van der Waals surface area contributed by atoms with E-state index in [1.165, 1.54) is 43.5 Å². The van der Waals surface area contributed by atoms with Crippen molar-refractivity contribution < 1.29 is 31.5 Å². The second-order valence-corrected chi connectivity index (χ2v) is 8.92. The van der Waals surface area contributed by atoms with E-state index in [0.29, 0.717) is 23.3 Å². The molecule has 10 heteroatoms. The third kappa shape index (κ3) is 5.24. The van der Waals surface area contributed by atoms with Gasteiger partial charge in [0.2, 0.25) is 15.9 Å². The first kappa shape index (κ1) is 24.0. The van der Waals surface area contributed by atoms with Gasteiger partial charge in [-0.15, -0.1) is 0 Å². The van der Waals surface area contributed by atoms with Crippen molar-refractivity contribution >= 4 is 21.9 Å². The minimum absolute atomic E-state index is 0.241. The zero-order valence-electron chi connectivity index (χ0n) is 17.4. The lowest BCUT2D eigenvalue weighted by molar-refractivity contribution is -0.122. The summed E-state index contributed by atoms with van der Waals surface area (Å²) in [7, 11) is -3.30. The van der Waals surface area contributed by atoms with Gasteiger partial charge in [0.15, 0.2) is 11.6 Å². The molecule has 7 nitrogen and oxygen atoms in total. The number of amides is 1. The molecule has 0 fully saturated rings. The van der Waals surface area contributed by atoms with Crippen molar-refractivity contribution in [3.05, 3.63) is 101 Å². The van der Waals surface area contributed by atoms with Crippen molar-refractivity contribution in [3.63, 3.8) is 0 Å². The monoisotopic (exact) mass is 474 g/mol. The van der Waals surface area contributed by atoms with Crippen LogP contribution in [0.4, 0.5) is 8.78 Å². The minimum Gasteiger partial charge on any atom is -0.465 e. The SMILES string of the molecule is COC(=O)c1ccc(CN([C@@H](C(N)=O)c2ccccc2)S(=O)(=O)c2ccc(F)c(F)c2)cc1. The summed E-state index contributed by atoms with van der Waals surface area (Å²) in [6, 6.07) is 14.5. The molecule has 0 heterocycles. The van der Waals surface area contributed by atoms with Crippen molar-refractivity contribution in [1.29, 1.82) is 0 Å². The molecule has 0 spiro atoms. The second-order valence-electron chi connectivity index (χ2n) is 7.03. The molecular formula is C23H20F2N2O5S. The third-order valence-corrected chi connectivity index (χ3v) is 6.69. The van der Waals surface area contributed by atoms with Gasteiger partial charge in [-0.05, 0) is 41.5 Å². The molecule has 0 aromatic heterocycles. The molecule has 1 atom stereocenters. The minimum atomic E-state index is -4.53. The molecular weight excluding hydrogens is 454 g/mol. The van der Waals surface area contributed by atoms with Crippen LogP contribution in [0.15, 0.2) is 77.7 Å². The molecule has 2 N–H and O–H groups in total. The van der Waals surface area contributed by atoms with E-state index in [1.807, 2.05) is 0 Å². The van der Waals surface area contributed by atoms with Gasteiger partial charge in [-0.2, -0.15) is 4.31 Å². The lowest BCUT2D eigenvalue weighted by Crippen LogP contribution is -2.41. The highest BCUT2D eigenvalue weighted by Crippen LogP contribution is 2.30. The van der Waals surface area contributed by atoms with Gasteiger partial charge in [0, 0.05) is 6.54 Å². The van der Waals surface area contributed by atoms with Crippen LogP contribution < -0.4 is 5.73 Å². The van der Waals surface area contributed by atoms with Crippen molar-refractivity contribution in [1.82, 2.24) is 4.31 Å². The number of esters is 1. The fraction of sp³-hybridized carbons (Fsp3) is 0.130. The smallest absolute Gasteiger partial charge is 0.337 e. The predicted molar refractivity (Wildman–Crippen MR) is 115 cm³/mol. The van der Waals surface area contributed by atoms with Gasteiger partial charge in [-0.1, -0.05) is 42.5 Å². The Labute approximate surface area is 189 Å². The molecule has 0 bridgehead atoms. The summed E-state index contributed by atoms with van der Waals surface area (Å²) in [5.74, 6) is -4.10. The number of sulfonamides is 1. The number of nitrogens with zero attached hydrogens (tertiary/aromatic N) is 1. The Bertz CT molecular complexity index is 1270. The number of nitrogens with two attached hydrogens (primary N) is 1. The van der Waals surface area contributed by atoms with Gasteiger partial charge in [-0.25, -0.2) is 22.0 Å². The number of hydrogen-bond acceptors (Lipinski definition) is 5. The summed E-state index contributed by atoms with van der Waals surface area (Å²) < 4.78 is 59.7. The molecule has 3 aromatic carbocycles. The highest BCUT2D eigenvalue weighted by Gasteiger charge is 2.36. The Hall–Kier alpha value is -3.63. The largest absolute Gasteiger partial charge is 0.465 e. The number of halogens is 2. The normalized spacial score (nSPS) is 12.4. The van der Waals surface area contributed by atoms with Crippen molar-refractivity contribution in [2.75, 3.05) is 7.11 Å². The Morgan fingerprint density at radius 1 is 0.970 bits per heavy atom. The average molecular weight is 474 g/mol. The number of carbonyl (C=O) groups is 2. The summed E-state index contributed by atoms with van der Waals surface area (Å²) in [4.78, 5) is 23.6. The predicted octanol–water partition coefficient (Wildman–Crippen LogP) is 3.17. The van der Waals surface area contributed by atoms with Crippen LogP contribution in [0.3, 0.4) is 0 Å². The fourth-order valence-electron chi connectivity index (χ4n) is 3.24. The number of methoxy groups -OCH3 is 1.